The minimum Gasteiger partial charge on any atom is -0.321 e. The molecule has 5 heteroatoms. The molecule has 2 aromatic rings. The van der Waals surface area contributed by atoms with Gasteiger partial charge in [0.05, 0.1) is 0 Å². The molecular formula is C15H16BrN3O. The number of hydrogen-bond acceptors (Lipinski definition) is 3. The summed E-state index contributed by atoms with van der Waals surface area (Å²) >= 11 is 3.33. The number of halogens is 1. The lowest BCUT2D eigenvalue weighted by Crippen LogP contribution is -2.15. The Hall–Kier alpha value is -1.72. The number of anilines is 1. The van der Waals surface area contributed by atoms with Crippen LogP contribution in [-0.4, -0.2) is 17.4 Å². The van der Waals surface area contributed by atoms with E-state index in [4.69, 9.17) is 0 Å². The van der Waals surface area contributed by atoms with Gasteiger partial charge in [0.2, 0.25) is 0 Å². The maximum Gasteiger partial charge on any atom is 0.275 e. The Morgan fingerprint density at radius 3 is 2.90 bits per heavy atom. The highest BCUT2D eigenvalue weighted by Gasteiger charge is 2.11. The van der Waals surface area contributed by atoms with Gasteiger partial charge in [-0.15, -0.1) is 0 Å². The molecule has 1 amide bonds. The van der Waals surface area contributed by atoms with Crippen molar-refractivity contribution in [3.05, 3.63) is 58.3 Å². The van der Waals surface area contributed by atoms with E-state index in [9.17, 15) is 4.79 Å². The van der Waals surface area contributed by atoms with E-state index in [0.717, 1.165) is 24.3 Å². The second kappa shape index (κ2) is 7.17. The minimum absolute atomic E-state index is 0.224. The fraction of sp³-hybridized carbons (Fsp3) is 0.200. The Morgan fingerprint density at radius 2 is 2.15 bits per heavy atom. The monoisotopic (exact) mass is 333 g/mol. The summed E-state index contributed by atoms with van der Waals surface area (Å²) < 4.78 is 0.682. The van der Waals surface area contributed by atoms with Gasteiger partial charge in [-0.1, -0.05) is 19.1 Å². The number of nitrogens with zero attached hydrogens (tertiary/aromatic N) is 1. The molecule has 0 radical (unpaired) electrons. The molecule has 0 saturated heterocycles. The zero-order valence-electron chi connectivity index (χ0n) is 11.2. The Bertz CT molecular complexity index is 601. The number of aromatic nitrogens is 1. The number of pyridine rings is 1. The van der Waals surface area contributed by atoms with E-state index in [1.165, 1.54) is 0 Å². The average molecular weight is 334 g/mol. The first-order chi connectivity index (χ1) is 9.70. The summed E-state index contributed by atoms with van der Waals surface area (Å²) in [4.78, 5) is 16.2. The molecule has 0 bridgehead atoms. The van der Waals surface area contributed by atoms with E-state index in [0.29, 0.717) is 10.2 Å². The van der Waals surface area contributed by atoms with Gasteiger partial charge < -0.3 is 10.6 Å². The van der Waals surface area contributed by atoms with Crippen LogP contribution < -0.4 is 10.6 Å². The van der Waals surface area contributed by atoms with E-state index >= 15 is 0 Å². The Balaban J connectivity index is 2.10. The first-order valence-corrected chi connectivity index (χ1v) is 7.21. The average Bonchev–Trinajstić information content (AvgIpc) is 2.46. The SMILES string of the molecule is CCNCc1cccc(NC(=O)c2ncccc2Br)c1. The molecule has 104 valence electrons. The molecule has 20 heavy (non-hydrogen) atoms. The molecule has 0 fully saturated rings. The molecule has 0 aliphatic rings. The quantitative estimate of drug-likeness (QED) is 0.883. The predicted molar refractivity (Wildman–Crippen MR) is 83.7 cm³/mol. The van der Waals surface area contributed by atoms with Crippen LogP contribution in [0.2, 0.25) is 0 Å². The van der Waals surface area contributed by atoms with Crippen molar-refractivity contribution in [2.45, 2.75) is 13.5 Å². The smallest absolute Gasteiger partial charge is 0.275 e. The molecule has 0 spiro atoms. The Kier molecular flexibility index (Phi) is 5.26. The molecule has 0 aliphatic heterocycles. The number of rotatable bonds is 5. The summed E-state index contributed by atoms with van der Waals surface area (Å²) in [6.07, 6.45) is 1.60. The molecule has 0 atom stereocenters. The summed E-state index contributed by atoms with van der Waals surface area (Å²) in [5, 5.41) is 6.11. The maximum absolute atomic E-state index is 12.1. The van der Waals surface area contributed by atoms with Gasteiger partial charge in [0, 0.05) is 22.9 Å². The van der Waals surface area contributed by atoms with E-state index in [-0.39, 0.29) is 5.91 Å². The van der Waals surface area contributed by atoms with Gasteiger partial charge in [0.15, 0.2) is 0 Å². The molecule has 4 nitrogen and oxygen atoms in total. The minimum atomic E-state index is -0.224. The standard InChI is InChI=1S/C15H16BrN3O/c1-2-17-10-11-5-3-6-12(9-11)19-15(20)14-13(16)7-4-8-18-14/h3-9,17H,2,10H2,1H3,(H,19,20). The van der Waals surface area contributed by atoms with Crippen LogP contribution >= 0.6 is 15.9 Å². The predicted octanol–water partition coefficient (Wildman–Crippen LogP) is 3.21. The highest BCUT2D eigenvalue weighted by Crippen LogP contribution is 2.16. The van der Waals surface area contributed by atoms with Gasteiger partial charge in [-0.05, 0) is 52.3 Å². The highest BCUT2D eigenvalue weighted by molar-refractivity contribution is 9.10. The van der Waals surface area contributed by atoms with E-state index in [1.54, 1.807) is 18.3 Å². The Labute approximate surface area is 126 Å². The first-order valence-electron chi connectivity index (χ1n) is 6.42. The van der Waals surface area contributed by atoms with E-state index in [2.05, 4.69) is 38.5 Å². The van der Waals surface area contributed by atoms with Crippen molar-refractivity contribution in [3.63, 3.8) is 0 Å². The zero-order valence-corrected chi connectivity index (χ0v) is 12.8. The lowest BCUT2D eigenvalue weighted by molar-refractivity contribution is 0.102. The molecule has 0 saturated carbocycles. The number of nitrogens with one attached hydrogen (secondary N) is 2. The van der Waals surface area contributed by atoms with Gasteiger partial charge in [-0.3, -0.25) is 4.79 Å². The van der Waals surface area contributed by atoms with Crippen LogP contribution in [0, 0.1) is 0 Å². The van der Waals surface area contributed by atoms with Gasteiger partial charge in [0.1, 0.15) is 5.69 Å². The van der Waals surface area contributed by atoms with Gasteiger partial charge in [-0.2, -0.15) is 0 Å². The summed E-state index contributed by atoms with van der Waals surface area (Å²) in [6, 6.07) is 11.3. The summed E-state index contributed by atoms with van der Waals surface area (Å²) in [5.74, 6) is -0.224. The third-order valence-corrected chi connectivity index (χ3v) is 3.38. The number of amides is 1. The van der Waals surface area contributed by atoms with E-state index in [1.807, 2.05) is 24.3 Å². The van der Waals surface area contributed by atoms with Crippen molar-refractivity contribution >= 4 is 27.5 Å². The summed E-state index contributed by atoms with van der Waals surface area (Å²) in [5.41, 5.74) is 2.28. The molecule has 1 aromatic carbocycles. The number of carbonyl (C=O) groups excluding carboxylic acids is 1. The van der Waals surface area contributed by atoms with Crippen LogP contribution in [0.4, 0.5) is 5.69 Å². The number of carbonyl (C=O) groups is 1. The second-order valence-corrected chi connectivity index (χ2v) is 5.12. The maximum atomic E-state index is 12.1. The molecular weight excluding hydrogens is 318 g/mol. The van der Waals surface area contributed by atoms with Crippen molar-refractivity contribution in [2.75, 3.05) is 11.9 Å². The van der Waals surface area contributed by atoms with Crippen molar-refractivity contribution in [1.29, 1.82) is 0 Å². The topological polar surface area (TPSA) is 54.0 Å². The molecule has 2 rings (SSSR count). The fourth-order valence-corrected chi connectivity index (χ4v) is 2.21. The van der Waals surface area contributed by atoms with Crippen molar-refractivity contribution in [1.82, 2.24) is 10.3 Å². The summed E-state index contributed by atoms with van der Waals surface area (Å²) in [6.45, 7) is 3.76. The molecule has 0 unspecified atom stereocenters. The van der Waals surface area contributed by atoms with E-state index < -0.39 is 0 Å². The van der Waals surface area contributed by atoms with Crippen LogP contribution in [0.3, 0.4) is 0 Å². The van der Waals surface area contributed by atoms with Crippen LogP contribution in [0.25, 0.3) is 0 Å². The molecule has 2 N–H and O–H groups in total. The summed E-state index contributed by atoms with van der Waals surface area (Å²) in [7, 11) is 0. The van der Waals surface area contributed by atoms with Gasteiger partial charge in [-0.25, -0.2) is 4.98 Å². The van der Waals surface area contributed by atoms with Crippen LogP contribution in [0.5, 0.6) is 0 Å². The van der Waals surface area contributed by atoms with Crippen LogP contribution in [0.1, 0.15) is 23.0 Å². The zero-order chi connectivity index (χ0) is 14.4. The van der Waals surface area contributed by atoms with Crippen molar-refractivity contribution in [2.24, 2.45) is 0 Å². The van der Waals surface area contributed by atoms with Gasteiger partial charge >= 0.3 is 0 Å². The highest BCUT2D eigenvalue weighted by atomic mass is 79.9. The second-order valence-electron chi connectivity index (χ2n) is 4.27. The fourth-order valence-electron chi connectivity index (χ4n) is 1.77. The molecule has 0 aliphatic carbocycles. The van der Waals surface area contributed by atoms with Gasteiger partial charge in [0.25, 0.3) is 5.91 Å². The van der Waals surface area contributed by atoms with Crippen LogP contribution in [-0.2, 0) is 6.54 Å². The molecule has 1 heterocycles. The Morgan fingerprint density at radius 1 is 1.30 bits per heavy atom. The normalized spacial score (nSPS) is 10.3. The third-order valence-electron chi connectivity index (χ3n) is 2.74. The van der Waals surface area contributed by atoms with Crippen molar-refractivity contribution in [3.8, 4) is 0 Å². The van der Waals surface area contributed by atoms with Crippen LogP contribution in [0.15, 0.2) is 47.1 Å². The number of benzene rings is 1. The van der Waals surface area contributed by atoms with Crippen molar-refractivity contribution < 1.29 is 4.79 Å². The lowest BCUT2D eigenvalue weighted by atomic mass is 10.2. The molecule has 1 aromatic heterocycles. The first kappa shape index (κ1) is 14.7. The lowest BCUT2D eigenvalue weighted by Gasteiger charge is -2.08. The largest absolute Gasteiger partial charge is 0.321 e. The third kappa shape index (κ3) is 3.88. The number of hydrogen-bond donors (Lipinski definition) is 2.